The fraction of sp³-hybridized carbons (Fsp3) is 0.350. The van der Waals surface area contributed by atoms with Gasteiger partial charge in [-0.05, 0) is 65.2 Å². The summed E-state index contributed by atoms with van der Waals surface area (Å²) in [6.07, 6.45) is 5.00. The Bertz CT molecular complexity index is 875. The molecule has 8 heteroatoms. The number of carbonyl (C=O) groups excluding carboxylic acids is 1. The number of allylic oxidation sites excluding steroid dienone is 3. The number of hydrogen-bond acceptors (Lipinski definition) is 6. The number of hydrogen-bond donors (Lipinski definition) is 3. The summed E-state index contributed by atoms with van der Waals surface area (Å²) < 4.78 is 1.50. The maximum Gasteiger partial charge on any atom is 0.272 e. The molecule has 1 amide bonds. The standard InChI is InChI=1S/C20H29N7O/c1-14(21)9-10-18(22)27-17(15-8-6-7-11-23-15)12-16(25-27)19(28)24-20(2,3)13-26(4)5/h6-12H,13,21-22H2,1-5H3,(H,24,28)/b14-9-,18-10+. The number of likely N-dealkylation sites (N-methyl/N-ethyl adjacent to an activating group) is 1. The third kappa shape index (κ3) is 5.68. The molecule has 0 fully saturated rings. The first-order valence-corrected chi connectivity index (χ1v) is 8.98. The Morgan fingerprint density at radius 3 is 2.57 bits per heavy atom. The van der Waals surface area contributed by atoms with Gasteiger partial charge in [0.25, 0.3) is 5.91 Å². The van der Waals surface area contributed by atoms with Gasteiger partial charge in [-0.1, -0.05) is 6.07 Å². The molecule has 0 unspecified atom stereocenters. The number of nitrogens with zero attached hydrogens (tertiary/aromatic N) is 4. The highest BCUT2D eigenvalue weighted by Gasteiger charge is 2.25. The van der Waals surface area contributed by atoms with Crippen LogP contribution >= 0.6 is 0 Å². The molecule has 0 aliphatic rings. The van der Waals surface area contributed by atoms with E-state index >= 15 is 0 Å². The van der Waals surface area contributed by atoms with Gasteiger partial charge in [0.2, 0.25) is 0 Å². The van der Waals surface area contributed by atoms with E-state index in [2.05, 4.69) is 15.4 Å². The van der Waals surface area contributed by atoms with Gasteiger partial charge in [-0.15, -0.1) is 0 Å². The van der Waals surface area contributed by atoms with Gasteiger partial charge in [0.05, 0.1) is 11.4 Å². The third-order valence-corrected chi connectivity index (χ3v) is 3.79. The average molecular weight is 384 g/mol. The van der Waals surface area contributed by atoms with Crippen LogP contribution in [0, 0.1) is 0 Å². The van der Waals surface area contributed by atoms with Crippen molar-refractivity contribution in [2.75, 3.05) is 20.6 Å². The molecule has 2 heterocycles. The molecular weight excluding hydrogens is 354 g/mol. The minimum Gasteiger partial charge on any atom is -0.402 e. The highest BCUT2D eigenvalue weighted by atomic mass is 16.2. The molecule has 0 bridgehead atoms. The lowest BCUT2D eigenvalue weighted by Gasteiger charge is -2.29. The molecule has 0 radical (unpaired) electrons. The van der Waals surface area contributed by atoms with Crippen molar-refractivity contribution in [2.45, 2.75) is 26.3 Å². The van der Waals surface area contributed by atoms with Crippen molar-refractivity contribution < 1.29 is 4.79 Å². The zero-order chi connectivity index (χ0) is 20.9. The number of amides is 1. The van der Waals surface area contributed by atoms with Gasteiger partial charge in [0.1, 0.15) is 5.82 Å². The van der Waals surface area contributed by atoms with E-state index in [-0.39, 0.29) is 11.6 Å². The highest BCUT2D eigenvalue weighted by molar-refractivity contribution is 5.94. The molecule has 5 N–H and O–H groups in total. The first-order chi connectivity index (χ1) is 13.1. The highest BCUT2D eigenvalue weighted by Crippen LogP contribution is 2.21. The molecular formula is C20H29N7O. The lowest BCUT2D eigenvalue weighted by molar-refractivity contribution is 0.0894. The molecule has 0 spiro atoms. The van der Waals surface area contributed by atoms with E-state index in [0.717, 1.165) is 0 Å². The van der Waals surface area contributed by atoms with E-state index in [9.17, 15) is 4.79 Å². The predicted molar refractivity (Wildman–Crippen MR) is 112 cm³/mol. The molecule has 150 valence electrons. The quantitative estimate of drug-likeness (QED) is 0.626. The summed E-state index contributed by atoms with van der Waals surface area (Å²) in [5.41, 5.74) is 13.6. The van der Waals surface area contributed by atoms with Crippen LogP contribution in [0.4, 0.5) is 0 Å². The van der Waals surface area contributed by atoms with Crippen molar-refractivity contribution in [1.82, 2.24) is 25.0 Å². The van der Waals surface area contributed by atoms with Crippen LogP contribution in [-0.4, -0.2) is 51.8 Å². The van der Waals surface area contributed by atoms with Crippen LogP contribution in [0.5, 0.6) is 0 Å². The van der Waals surface area contributed by atoms with Gasteiger partial charge in [0, 0.05) is 24.0 Å². The van der Waals surface area contributed by atoms with E-state index in [1.807, 2.05) is 51.0 Å². The second kappa shape index (κ2) is 8.71. The van der Waals surface area contributed by atoms with Crippen LogP contribution < -0.4 is 16.8 Å². The summed E-state index contributed by atoms with van der Waals surface area (Å²) in [4.78, 5) is 19.2. The van der Waals surface area contributed by atoms with Gasteiger partial charge < -0.3 is 21.7 Å². The summed E-state index contributed by atoms with van der Waals surface area (Å²) >= 11 is 0. The van der Waals surface area contributed by atoms with Gasteiger partial charge in [-0.3, -0.25) is 9.78 Å². The molecule has 0 aliphatic carbocycles. The van der Waals surface area contributed by atoms with Crippen molar-refractivity contribution in [2.24, 2.45) is 11.5 Å². The largest absolute Gasteiger partial charge is 0.402 e. The van der Waals surface area contributed by atoms with Gasteiger partial charge in [-0.25, -0.2) is 4.68 Å². The summed E-state index contributed by atoms with van der Waals surface area (Å²) in [6.45, 7) is 6.38. The molecule has 8 nitrogen and oxygen atoms in total. The van der Waals surface area contributed by atoms with Gasteiger partial charge in [-0.2, -0.15) is 5.10 Å². The molecule has 0 atom stereocenters. The van der Waals surface area contributed by atoms with Crippen LogP contribution in [-0.2, 0) is 0 Å². The maximum atomic E-state index is 12.8. The first-order valence-electron chi connectivity index (χ1n) is 8.98. The molecule has 28 heavy (non-hydrogen) atoms. The third-order valence-electron chi connectivity index (χ3n) is 3.79. The number of carbonyl (C=O) groups is 1. The minimum absolute atomic E-state index is 0.261. The second-order valence-electron chi connectivity index (χ2n) is 7.62. The number of nitrogens with one attached hydrogen (secondary N) is 1. The minimum atomic E-state index is -0.420. The van der Waals surface area contributed by atoms with Crippen LogP contribution in [0.25, 0.3) is 17.2 Å². The maximum absolute atomic E-state index is 12.8. The molecule has 2 aromatic heterocycles. The molecule has 0 saturated heterocycles. The predicted octanol–water partition coefficient (Wildman–Crippen LogP) is 1.63. The zero-order valence-electron chi connectivity index (χ0n) is 17.1. The van der Waals surface area contributed by atoms with E-state index in [1.165, 1.54) is 4.68 Å². The molecule has 2 aromatic rings. The van der Waals surface area contributed by atoms with Crippen LogP contribution in [0.1, 0.15) is 31.3 Å². The Kier molecular flexibility index (Phi) is 6.58. The number of aromatic nitrogens is 3. The fourth-order valence-corrected chi connectivity index (χ4v) is 2.87. The van der Waals surface area contributed by atoms with Gasteiger partial charge >= 0.3 is 0 Å². The summed E-state index contributed by atoms with van der Waals surface area (Å²) in [5.74, 6) is 0.0539. The van der Waals surface area contributed by atoms with E-state index in [0.29, 0.717) is 29.5 Å². The Labute approximate surface area is 165 Å². The van der Waals surface area contributed by atoms with Crippen LogP contribution in [0.15, 0.2) is 48.3 Å². The smallest absolute Gasteiger partial charge is 0.272 e. The molecule has 0 aliphatic heterocycles. The average Bonchev–Trinajstić information content (AvgIpc) is 3.04. The number of pyridine rings is 1. The lowest BCUT2D eigenvalue weighted by Crippen LogP contribution is -2.50. The number of nitrogens with two attached hydrogens (primary N) is 2. The van der Waals surface area contributed by atoms with Crippen molar-refractivity contribution in [3.8, 4) is 11.4 Å². The number of rotatable bonds is 7. The zero-order valence-corrected chi connectivity index (χ0v) is 17.1. The van der Waals surface area contributed by atoms with E-state index < -0.39 is 5.54 Å². The van der Waals surface area contributed by atoms with Crippen molar-refractivity contribution in [3.05, 3.63) is 54.0 Å². The van der Waals surface area contributed by atoms with Crippen molar-refractivity contribution in [3.63, 3.8) is 0 Å². The first kappa shape index (κ1) is 21.2. The monoisotopic (exact) mass is 383 g/mol. The Hall–Kier alpha value is -3.13. The lowest BCUT2D eigenvalue weighted by atomic mass is 10.1. The van der Waals surface area contributed by atoms with E-state index in [4.69, 9.17) is 11.5 Å². The SMILES string of the molecule is C/C(N)=C/C=C(\N)n1nc(C(=O)NC(C)(C)CN(C)C)cc1-c1ccccn1. The Morgan fingerprint density at radius 2 is 2.00 bits per heavy atom. The molecule has 0 saturated carbocycles. The van der Waals surface area contributed by atoms with Gasteiger partial charge in [0.15, 0.2) is 5.69 Å². The van der Waals surface area contributed by atoms with Crippen molar-refractivity contribution >= 4 is 11.7 Å². The topological polar surface area (TPSA) is 115 Å². The fourth-order valence-electron chi connectivity index (χ4n) is 2.87. The van der Waals surface area contributed by atoms with Crippen molar-refractivity contribution in [1.29, 1.82) is 0 Å². The second-order valence-corrected chi connectivity index (χ2v) is 7.62. The molecule has 2 rings (SSSR count). The Balaban J connectivity index is 2.43. The summed E-state index contributed by atoms with van der Waals surface area (Å²) in [7, 11) is 3.92. The van der Waals surface area contributed by atoms with E-state index in [1.54, 1.807) is 31.3 Å². The summed E-state index contributed by atoms with van der Waals surface area (Å²) in [5, 5.41) is 7.43. The van der Waals surface area contributed by atoms with Crippen LogP contribution in [0.3, 0.4) is 0 Å². The summed E-state index contributed by atoms with van der Waals surface area (Å²) in [6, 6.07) is 7.20. The van der Waals surface area contributed by atoms with Crippen LogP contribution in [0.2, 0.25) is 0 Å². The Morgan fingerprint density at radius 1 is 1.29 bits per heavy atom. The molecule has 0 aromatic carbocycles. The normalized spacial score (nSPS) is 13.1.